The van der Waals surface area contributed by atoms with Crippen LogP contribution in [0.1, 0.15) is 20.3 Å². The lowest BCUT2D eigenvalue weighted by Gasteiger charge is -2.10. The van der Waals surface area contributed by atoms with Gasteiger partial charge in [-0.1, -0.05) is 18.5 Å². The van der Waals surface area contributed by atoms with Crippen molar-refractivity contribution in [3.63, 3.8) is 0 Å². The van der Waals surface area contributed by atoms with Crippen LogP contribution in [0.15, 0.2) is 14.1 Å². The third-order valence-electron chi connectivity index (χ3n) is 1.86. The molecule has 0 aliphatic carbocycles. The molecule has 7 heteroatoms. The van der Waals surface area contributed by atoms with Gasteiger partial charge in [0.25, 0.3) is 0 Å². The first-order valence-electron chi connectivity index (χ1n) is 4.34. The zero-order chi connectivity index (χ0) is 11.6. The topological polar surface area (TPSA) is 46.2 Å². The maximum absolute atomic E-state index is 11.8. The maximum Gasteiger partial charge on any atom is 0.250 e. The van der Waals surface area contributed by atoms with Gasteiger partial charge in [-0.15, -0.1) is 11.3 Å². The molecular weight excluding hydrogens is 322 g/mol. The van der Waals surface area contributed by atoms with Crippen molar-refractivity contribution in [1.29, 1.82) is 0 Å². The Bertz CT molecular complexity index is 424. The summed E-state index contributed by atoms with van der Waals surface area (Å²) in [7, 11) is -3.42. The molecule has 1 N–H and O–H groups in total. The van der Waals surface area contributed by atoms with E-state index >= 15 is 0 Å². The van der Waals surface area contributed by atoms with Gasteiger partial charge in [0.15, 0.2) is 0 Å². The molecule has 0 amide bonds. The molecular formula is C8H11BrClNO2S2. The van der Waals surface area contributed by atoms with Crippen LogP contribution in [-0.2, 0) is 10.0 Å². The summed E-state index contributed by atoms with van der Waals surface area (Å²) >= 11 is 10.1. The summed E-state index contributed by atoms with van der Waals surface area (Å²) in [5.41, 5.74) is 0. The zero-order valence-electron chi connectivity index (χ0n) is 8.25. The second-order valence-corrected chi connectivity index (χ2v) is 7.84. The molecule has 0 radical (unpaired) electrons. The van der Waals surface area contributed by atoms with E-state index in [0.29, 0.717) is 8.81 Å². The fourth-order valence-electron chi connectivity index (χ4n) is 0.865. The highest BCUT2D eigenvalue weighted by molar-refractivity contribution is 9.11. The Kier molecular flexibility index (Phi) is 4.61. The molecule has 0 fully saturated rings. The summed E-state index contributed by atoms with van der Waals surface area (Å²) in [6, 6.07) is 1.37. The molecule has 86 valence electrons. The van der Waals surface area contributed by atoms with Gasteiger partial charge in [0.05, 0.1) is 8.81 Å². The van der Waals surface area contributed by atoms with Crippen molar-refractivity contribution in [2.45, 2.75) is 30.5 Å². The van der Waals surface area contributed by atoms with Crippen molar-refractivity contribution in [2.24, 2.45) is 0 Å². The molecule has 1 rings (SSSR count). The van der Waals surface area contributed by atoms with Crippen molar-refractivity contribution < 1.29 is 8.42 Å². The van der Waals surface area contributed by atoms with E-state index in [1.54, 1.807) is 0 Å². The van der Waals surface area contributed by atoms with E-state index in [2.05, 4.69) is 20.7 Å². The van der Waals surface area contributed by atoms with Gasteiger partial charge in [0, 0.05) is 6.04 Å². The van der Waals surface area contributed by atoms with Gasteiger partial charge in [-0.05, 0) is 35.3 Å². The van der Waals surface area contributed by atoms with Crippen LogP contribution in [0.3, 0.4) is 0 Å². The SMILES string of the molecule is CCC(C)NS(=O)(=O)c1cc(Cl)c(Br)s1. The highest BCUT2D eigenvalue weighted by Crippen LogP contribution is 2.34. The van der Waals surface area contributed by atoms with E-state index in [1.165, 1.54) is 6.07 Å². The van der Waals surface area contributed by atoms with E-state index in [0.717, 1.165) is 17.8 Å². The number of halogens is 2. The first kappa shape index (κ1) is 13.4. The Morgan fingerprint density at radius 1 is 1.67 bits per heavy atom. The minimum Gasteiger partial charge on any atom is -0.208 e. The van der Waals surface area contributed by atoms with Crippen LogP contribution >= 0.6 is 38.9 Å². The number of rotatable bonds is 4. The highest BCUT2D eigenvalue weighted by atomic mass is 79.9. The van der Waals surface area contributed by atoms with Gasteiger partial charge < -0.3 is 0 Å². The summed E-state index contributed by atoms with van der Waals surface area (Å²) in [5.74, 6) is 0. The van der Waals surface area contributed by atoms with Crippen LogP contribution in [-0.4, -0.2) is 14.5 Å². The molecule has 0 aromatic carbocycles. The molecule has 1 aromatic rings. The van der Waals surface area contributed by atoms with Gasteiger partial charge in [-0.2, -0.15) is 0 Å². The Balaban J connectivity index is 2.96. The molecule has 0 aliphatic rings. The smallest absolute Gasteiger partial charge is 0.208 e. The summed E-state index contributed by atoms with van der Waals surface area (Å²) in [5, 5.41) is 0.421. The summed E-state index contributed by atoms with van der Waals surface area (Å²) in [6.45, 7) is 3.74. The standard InChI is InChI=1S/C8H11BrClNO2S2/c1-3-5(2)11-15(12,13)7-4-6(10)8(9)14-7/h4-5,11H,3H2,1-2H3. The quantitative estimate of drug-likeness (QED) is 0.920. The van der Waals surface area contributed by atoms with Gasteiger partial charge in [-0.3, -0.25) is 0 Å². The molecule has 1 unspecified atom stereocenters. The molecule has 0 bridgehead atoms. The van der Waals surface area contributed by atoms with Crippen LogP contribution in [0.5, 0.6) is 0 Å². The van der Waals surface area contributed by atoms with Crippen LogP contribution in [0.25, 0.3) is 0 Å². The van der Waals surface area contributed by atoms with E-state index in [1.807, 2.05) is 13.8 Å². The van der Waals surface area contributed by atoms with Gasteiger partial charge >= 0.3 is 0 Å². The van der Waals surface area contributed by atoms with Crippen molar-refractivity contribution in [3.05, 3.63) is 14.9 Å². The number of hydrogen-bond acceptors (Lipinski definition) is 3. The van der Waals surface area contributed by atoms with Crippen molar-refractivity contribution >= 4 is 48.9 Å². The monoisotopic (exact) mass is 331 g/mol. The molecule has 1 heterocycles. The minimum atomic E-state index is -3.42. The lowest BCUT2D eigenvalue weighted by molar-refractivity contribution is 0.558. The molecule has 1 aromatic heterocycles. The fraction of sp³-hybridized carbons (Fsp3) is 0.500. The molecule has 0 saturated heterocycles. The Hall–Kier alpha value is 0.380. The van der Waals surface area contributed by atoms with Gasteiger partial charge in [0.2, 0.25) is 10.0 Å². The van der Waals surface area contributed by atoms with Crippen molar-refractivity contribution in [2.75, 3.05) is 0 Å². The first-order valence-corrected chi connectivity index (χ1v) is 7.81. The Morgan fingerprint density at radius 2 is 2.27 bits per heavy atom. The number of thiophene rings is 1. The van der Waals surface area contributed by atoms with Crippen molar-refractivity contribution in [3.8, 4) is 0 Å². The van der Waals surface area contributed by atoms with Crippen LogP contribution in [0.2, 0.25) is 5.02 Å². The summed E-state index contributed by atoms with van der Waals surface area (Å²) < 4.78 is 27.0. The molecule has 15 heavy (non-hydrogen) atoms. The maximum atomic E-state index is 11.8. The van der Waals surface area contributed by atoms with Crippen LogP contribution in [0, 0.1) is 0 Å². The molecule has 0 aliphatic heterocycles. The molecule has 1 atom stereocenters. The molecule has 0 saturated carbocycles. The van der Waals surface area contributed by atoms with Crippen LogP contribution < -0.4 is 4.72 Å². The third kappa shape index (κ3) is 3.42. The average Bonchev–Trinajstić information content (AvgIpc) is 2.47. The second-order valence-electron chi connectivity index (χ2n) is 3.12. The number of hydrogen-bond donors (Lipinski definition) is 1. The minimum absolute atomic E-state index is 0.0744. The predicted octanol–water partition coefficient (Wildman–Crippen LogP) is 3.24. The number of nitrogens with one attached hydrogen (secondary N) is 1. The fourth-order valence-corrected chi connectivity index (χ4v) is 4.61. The van der Waals surface area contributed by atoms with Crippen molar-refractivity contribution in [1.82, 2.24) is 4.72 Å². The first-order chi connectivity index (χ1) is 6.86. The largest absolute Gasteiger partial charge is 0.250 e. The van der Waals surface area contributed by atoms with E-state index in [-0.39, 0.29) is 10.3 Å². The summed E-state index contributed by atoms with van der Waals surface area (Å²) in [4.78, 5) is 0. The second kappa shape index (κ2) is 5.14. The Labute approximate surface area is 107 Å². The predicted molar refractivity (Wildman–Crippen MR) is 67.1 cm³/mol. The highest BCUT2D eigenvalue weighted by Gasteiger charge is 2.20. The molecule has 3 nitrogen and oxygen atoms in total. The molecule has 0 spiro atoms. The van der Waals surface area contributed by atoms with E-state index in [4.69, 9.17) is 11.6 Å². The summed E-state index contributed by atoms with van der Waals surface area (Å²) in [6.07, 6.45) is 0.750. The lowest BCUT2D eigenvalue weighted by Crippen LogP contribution is -2.31. The third-order valence-corrected chi connectivity index (χ3v) is 6.39. The zero-order valence-corrected chi connectivity index (χ0v) is 12.2. The normalized spacial score (nSPS) is 14.1. The average molecular weight is 333 g/mol. The van der Waals surface area contributed by atoms with E-state index < -0.39 is 10.0 Å². The lowest BCUT2D eigenvalue weighted by atomic mass is 10.3. The van der Waals surface area contributed by atoms with E-state index in [9.17, 15) is 8.42 Å². The van der Waals surface area contributed by atoms with Gasteiger partial charge in [0.1, 0.15) is 4.21 Å². The Morgan fingerprint density at radius 3 is 2.67 bits per heavy atom. The number of sulfonamides is 1. The van der Waals surface area contributed by atoms with Gasteiger partial charge in [-0.25, -0.2) is 13.1 Å². The van der Waals surface area contributed by atoms with Crippen LogP contribution in [0.4, 0.5) is 0 Å².